The highest BCUT2D eigenvalue weighted by Crippen LogP contribution is 2.41. The second-order valence-electron chi connectivity index (χ2n) is 5.96. The van der Waals surface area contributed by atoms with Gasteiger partial charge in [-0.25, -0.2) is 0 Å². The zero-order valence-electron chi connectivity index (χ0n) is 16.7. The van der Waals surface area contributed by atoms with Gasteiger partial charge in [-0.3, -0.25) is 9.59 Å². The maximum Gasteiger partial charge on any atom is 0.308 e. The van der Waals surface area contributed by atoms with E-state index in [1.54, 1.807) is 24.3 Å². The van der Waals surface area contributed by atoms with Gasteiger partial charge in [-0.15, -0.1) is 0 Å². The van der Waals surface area contributed by atoms with Crippen LogP contribution in [-0.4, -0.2) is 40.2 Å². The van der Waals surface area contributed by atoms with Crippen LogP contribution in [0, 0.1) is 0 Å². The highest BCUT2D eigenvalue weighted by molar-refractivity contribution is 6.17. The molecule has 0 aliphatic heterocycles. The number of hydrogen-bond acceptors (Lipinski definition) is 8. The van der Waals surface area contributed by atoms with Crippen LogP contribution in [0.2, 0.25) is 0 Å². The van der Waals surface area contributed by atoms with Gasteiger partial charge in [-0.05, 0) is 24.3 Å². The number of furan rings is 1. The van der Waals surface area contributed by atoms with Crippen LogP contribution in [0.15, 0.2) is 34.9 Å². The Morgan fingerprint density at radius 1 is 0.828 bits per heavy atom. The van der Waals surface area contributed by atoms with Crippen molar-refractivity contribution < 1.29 is 37.7 Å². The summed E-state index contributed by atoms with van der Waals surface area (Å²) in [5.41, 5.74) is 0.827. The molecule has 3 aromatic rings. The normalized spacial score (nSPS) is 10.5. The van der Waals surface area contributed by atoms with E-state index in [2.05, 4.69) is 0 Å². The van der Waals surface area contributed by atoms with E-state index >= 15 is 0 Å². The van der Waals surface area contributed by atoms with Crippen molar-refractivity contribution in [2.24, 2.45) is 0 Å². The van der Waals surface area contributed by atoms with Gasteiger partial charge in [-0.2, -0.15) is 0 Å². The lowest BCUT2D eigenvalue weighted by Crippen LogP contribution is -2.05. The van der Waals surface area contributed by atoms with Crippen molar-refractivity contribution in [3.8, 4) is 28.7 Å². The predicted octanol–water partition coefficient (Wildman–Crippen LogP) is 3.62. The second-order valence-corrected chi connectivity index (χ2v) is 5.96. The molecule has 0 saturated carbocycles. The van der Waals surface area contributed by atoms with Gasteiger partial charge in [0.25, 0.3) is 0 Å². The van der Waals surface area contributed by atoms with Crippen LogP contribution >= 0.6 is 0 Å². The summed E-state index contributed by atoms with van der Waals surface area (Å²) in [5, 5.41) is 0.473. The van der Waals surface area contributed by atoms with Gasteiger partial charge >= 0.3 is 5.97 Å². The molecule has 2 aromatic carbocycles. The summed E-state index contributed by atoms with van der Waals surface area (Å²) in [6.45, 7) is 1.27. The molecular weight excluding hydrogens is 380 g/mol. The van der Waals surface area contributed by atoms with E-state index in [0.29, 0.717) is 33.9 Å². The Labute approximate surface area is 166 Å². The average molecular weight is 400 g/mol. The van der Waals surface area contributed by atoms with Gasteiger partial charge < -0.3 is 28.1 Å². The van der Waals surface area contributed by atoms with Crippen LogP contribution < -0.4 is 23.7 Å². The highest BCUT2D eigenvalue weighted by Gasteiger charge is 2.24. The highest BCUT2D eigenvalue weighted by atomic mass is 16.6. The van der Waals surface area contributed by atoms with Crippen molar-refractivity contribution in [2.75, 3.05) is 28.4 Å². The van der Waals surface area contributed by atoms with E-state index in [1.807, 2.05) is 0 Å². The number of esters is 1. The standard InChI is InChI=1S/C21H20O8/c1-11(22)29-21-15(24-2)7-6-13-14(10-28-19(13)21)18(23)12-8-16(25-3)20(27-5)17(9-12)26-4/h6-10H,1-5H3. The molecule has 0 spiro atoms. The molecule has 0 N–H and O–H groups in total. The van der Waals surface area contributed by atoms with E-state index in [1.165, 1.54) is 41.6 Å². The van der Waals surface area contributed by atoms with E-state index < -0.39 is 5.97 Å². The molecule has 8 nitrogen and oxygen atoms in total. The van der Waals surface area contributed by atoms with Crippen molar-refractivity contribution >= 4 is 22.7 Å². The first kappa shape index (κ1) is 20.1. The molecule has 0 bridgehead atoms. The Bertz CT molecular complexity index is 1050. The first-order valence-corrected chi connectivity index (χ1v) is 8.56. The van der Waals surface area contributed by atoms with Crippen LogP contribution in [0.3, 0.4) is 0 Å². The molecule has 0 amide bonds. The van der Waals surface area contributed by atoms with Crippen LogP contribution in [0.25, 0.3) is 11.0 Å². The van der Waals surface area contributed by atoms with E-state index in [4.69, 9.17) is 28.1 Å². The molecule has 1 heterocycles. The van der Waals surface area contributed by atoms with E-state index in [-0.39, 0.29) is 22.7 Å². The Morgan fingerprint density at radius 3 is 1.97 bits per heavy atom. The number of carbonyl (C=O) groups excluding carboxylic acids is 2. The minimum atomic E-state index is -0.537. The third kappa shape index (κ3) is 3.56. The van der Waals surface area contributed by atoms with Gasteiger partial charge in [0.05, 0.1) is 34.0 Å². The maximum atomic E-state index is 13.2. The largest absolute Gasteiger partial charge is 0.493 e. The summed E-state index contributed by atoms with van der Waals surface area (Å²) < 4.78 is 31.9. The number of hydrogen-bond donors (Lipinski definition) is 0. The molecule has 0 radical (unpaired) electrons. The number of benzene rings is 2. The molecule has 8 heteroatoms. The molecule has 0 atom stereocenters. The third-order valence-corrected chi connectivity index (χ3v) is 4.30. The number of rotatable bonds is 7. The predicted molar refractivity (Wildman–Crippen MR) is 104 cm³/mol. The second kappa shape index (κ2) is 8.14. The van der Waals surface area contributed by atoms with Crippen LogP contribution in [-0.2, 0) is 4.79 Å². The molecule has 1 aromatic heterocycles. The molecular formula is C21H20O8. The lowest BCUT2D eigenvalue weighted by Gasteiger charge is -2.13. The fourth-order valence-corrected chi connectivity index (χ4v) is 3.00. The van der Waals surface area contributed by atoms with Crippen molar-refractivity contribution in [3.05, 3.63) is 41.7 Å². The number of carbonyl (C=O) groups is 2. The molecule has 0 unspecified atom stereocenters. The van der Waals surface area contributed by atoms with Crippen molar-refractivity contribution in [1.82, 2.24) is 0 Å². The number of ketones is 1. The minimum absolute atomic E-state index is 0.112. The summed E-state index contributed by atoms with van der Waals surface area (Å²) in [4.78, 5) is 24.7. The Balaban J connectivity index is 2.14. The zero-order valence-corrected chi connectivity index (χ0v) is 16.7. The SMILES string of the molecule is COc1cc(C(=O)c2coc3c(OC(C)=O)c(OC)ccc23)cc(OC)c1OC. The summed E-state index contributed by atoms with van der Waals surface area (Å²) in [6, 6.07) is 6.37. The number of ether oxygens (including phenoxy) is 5. The van der Waals surface area contributed by atoms with Gasteiger partial charge in [0, 0.05) is 17.9 Å². The lowest BCUT2D eigenvalue weighted by atomic mass is 10.0. The van der Waals surface area contributed by atoms with E-state index in [9.17, 15) is 9.59 Å². The number of fused-ring (bicyclic) bond motifs is 1. The first-order chi connectivity index (χ1) is 13.9. The molecule has 0 aliphatic carbocycles. The topological polar surface area (TPSA) is 93.4 Å². The Kier molecular flexibility index (Phi) is 5.63. The Morgan fingerprint density at radius 2 is 1.45 bits per heavy atom. The average Bonchev–Trinajstić information content (AvgIpc) is 3.16. The third-order valence-electron chi connectivity index (χ3n) is 4.30. The maximum absolute atomic E-state index is 13.2. The van der Waals surface area contributed by atoms with Gasteiger partial charge in [0.2, 0.25) is 11.5 Å². The molecule has 29 heavy (non-hydrogen) atoms. The smallest absolute Gasteiger partial charge is 0.308 e. The quantitative estimate of drug-likeness (QED) is 0.337. The monoisotopic (exact) mass is 400 g/mol. The van der Waals surface area contributed by atoms with Crippen molar-refractivity contribution in [1.29, 1.82) is 0 Å². The van der Waals surface area contributed by atoms with Gasteiger partial charge in [0.15, 0.2) is 28.6 Å². The molecule has 0 saturated heterocycles. The van der Waals surface area contributed by atoms with Crippen molar-refractivity contribution in [2.45, 2.75) is 6.92 Å². The summed E-state index contributed by atoms with van der Waals surface area (Å²) in [5.74, 6) is 0.642. The zero-order chi connectivity index (χ0) is 21.1. The summed E-state index contributed by atoms with van der Waals surface area (Å²) >= 11 is 0. The molecule has 3 rings (SSSR count). The molecule has 0 aliphatic rings. The molecule has 152 valence electrons. The lowest BCUT2D eigenvalue weighted by molar-refractivity contribution is -0.131. The van der Waals surface area contributed by atoms with Crippen LogP contribution in [0.5, 0.6) is 28.7 Å². The van der Waals surface area contributed by atoms with Crippen molar-refractivity contribution in [3.63, 3.8) is 0 Å². The minimum Gasteiger partial charge on any atom is -0.493 e. The van der Waals surface area contributed by atoms with E-state index in [0.717, 1.165) is 0 Å². The number of methoxy groups -OCH3 is 4. The Hall–Kier alpha value is -3.68. The van der Waals surface area contributed by atoms with Crippen LogP contribution in [0.1, 0.15) is 22.8 Å². The van der Waals surface area contributed by atoms with Gasteiger partial charge in [0.1, 0.15) is 6.26 Å². The fourth-order valence-electron chi connectivity index (χ4n) is 3.00. The summed E-state index contributed by atoms with van der Waals surface area (Å²) in [7, 11) is 5.86. The van der Waals surface area contributed by atoms with Gasteiger partial charge in [-0.1, -0.05) is 0 Å². The fraction of sp³-hybridized carbons (Fsp3) is 0.238. The van der Waals surface area contributed by atoms with Crippen LogP contribution in [0.4, 0.5) is 0 Å². The molecule has 0 fully saturated rings. The summed E-state index contributed by atoms with van der Waals surface area (Å²) in [6.07, 6.45) is 1.31. The first-order valence-electron chi connectivity index (χ1n) is 8.56.